The van der Waals surface area contributed by atoms with Gasteiger partial charge >= 0.3 is 0 Å². The highest BCUT2D eigenvalue weighted by Crippen LogP contribution is 2.26. The Hall–Kier alpha value is -2.15. The summed E-state index contributed by atoms with van der Waals surface area (Å²) >= 11 is 0. The van der Waals surface area contributed by atoms with E-state index in [2.05, 4.69) is 15.4 Å². The van der Waals surface area contributed by atoms with Gasteiger partial charge in [-0.25, -0.2) is 4.98 Å². The first kappa shape index (κ1) is 12.9. The number of carbonyl (C=O) groups excluding carboxylic acids is 1. The lowest BCUT2D eigenvalue weighted by molar-refractivity contribution is 0.0794. The van der Waals surface area contributed by atoms with Gasteiger partial charge in [-0.05, 0) is 12.8 Å². The molecule has 0 atom stereocenters. The van der Waals surface area contributed by atoms with E-state index in [1.165, 1.54) is 6.26 Å². The minimum Gasteiger partial charge on any atom is -0.448 e. The van der Waals surface area contributed by atoms with Gasteiger partial charge in [0.05, 0.1) is 6.20 Å². The Morgan fingerprint density at radius 2 is 2.25 bits per heavy atom. The van der Waals surface area contributed by atoms with E-state index in [0.29, 0.717) is 24.9 Å². The molecule has 7 nitrogen and oxygen atoms in total. The number of nitrogens with one attached hydrogen (secondary N) is 1. The lowest BCUT2D eigenvalue weighted by atomic mass is 10.0. The van der Waals surface area contributed by atoms with Crippen LogP contribution in [0.3, 0.4) is 0 Å². The number of aryl methyl sites for hydroxylation is 1. The maximum absolute atomic E-state index is 12.1. The Balaban J connectivity index is 1.69. The summed E-state index contributed by atoms with van der Waals surface area (Å²) in [7, 11) is 1.76. The fraction of sp³-hybridized carbons (Fsp3) is 0.462. The normalized spacial score (nSPS) is 16.2. The van der Waals surface area contributed by atoms with Crippen LogP contribution in [0.2, 0.25) is 0 Å². The molecule has 1 aliphatic rings. The monoisotopic (exact) mass is 276 g/mol. The average molecular weight is 276 g/mol. The number of anilines is 1. The fourth-order valence-electron chi connectivity index (χ4n) is 2.20. The van der Waals surface area contributed by atoms with Gasteiger partial charge in [-0.1, -0.05) is 0 Å². The number of amides is 1. The minimum absolute atomic E-state index is 0.238. The van der Waals surface area contributed by atoms with Crippen molar-refractivity contribution in [2.75, 3.05) is 18.5 Å². The van der Waals surface area contributed by atoms with Crippen molar-refractivity contribution in [2.45, 2.75) is 18.8 Å². The Labute approximate surface area is 115 Å². The van der Waals surface area contributed by atoms with Gasteiger partial charge in [0, 0.05) is 32.2 Å². The molecular formula is C13H16N4O3. The van der Waals surface area contributed by atoms with Crippen LogP contribution >= 0.6 is 0 Å². The third-order valence-corrected chi connectivity index (χ3v) is 3.39. The van der Waals surface area contributed by atoms with E-state index in [4.69, 9.17) is 9.15 Å². The lowest BCUT2D eigenvalue weighted by Crippen LogP contribution is -2.16. The summed E-state index contributed by atoms with van der Waals surface area (Å²) in [5.74, 6) is 1.17. The molecule has 0 radical (unpaired) electrons. The maximum Gasteiger partial charge on any atom is 0.278 e. The second-order valence-corrected chi connectivity index (χ2v) is 4.75. The average Bonchev–Trinajstić information content (AvgIpc) is 3.10. The van der Waals surface area contributed by atoms with E-state index in [9.17, 15) is 4.79 Å². The van der Waals surface area contributed by atoms with Gasteiger partial charge in [-0.3, -0.25) is 9.48 Å². The molecule has 0 saturated carbocycles. The molecule has 1 saturated heterocycles. The van der Waals surface area contributed by atoms with Crippen LogP contribution in [0.5, 0.6) is 0 Å². The number of hydrogen-bond acceptors (Lipinski definition) is 5. The molecular weight excluding hydrogens is 260 g/mol. The number of rotatable bonds is 3. The zero-order chi connectivity index (χ0) is 13.9. The van der Waals surface area contributed by atoms with Crippen molar-refractivity contribution in [3.8, 4) is 0 Å². The summed E-state index contributed by atoms with van der Waals surface area (Å²) in [5, 5.41) is 6.72. The highest BCUT2D eigenvalue weighted by atomic mass is 16.5. The van der Waals surface area contributed by atoms with Crippen molar-refractivity contribution in [1.82, 2.24) is 14.8 Å². The van der Waals surface area contributed by atoms with Gasteiger partial charge in [0.1, 0.15) is 12.1 Å². The van der Waals surface area contributed by atoms with E-state index in [-0.39, 0.29) is 17.5 Å². The smallest absolute Gasteiger partial charge is 0.278 e. The van der Waals surface area contributed by atoms with Crippen LogP contribution in [0.15, 0.2) is 22.9 Å². The second kappa shape index (κ2) is 5.46. The summed E-state index contributed by atoms with van der Waals surface area (Å²) in [6.07, 6.45) is 4.77. The van der Waals surface area contributed by atoms with Gasteiger partial charge in [0.25, 0.3) is 5.91 Å². The van der Waals surface area contributed by atoms with Crippen molar-refractivity contribution in [3.63, 3.8) is 0 Å². The molecule has 1 fully saturated rings. The highest BCUT2D eigenvalue weighted by molar-refractivity contribution is 6.02. The largest absolute Gasteiger partial charge is 0.448 e. The first-order valence-electron chi connectivity index (χ1n) is 6.56. The summed E-state index contributed by atoms with van der Waals surface area (Å²) < 4.78 is 12.3. The number of hydrogen-bond donors (Lipinski definition) is 1. The van der Waals surface area contributed by atoms with Crippen LogP contribution < -0.4 is 5.32 Å². The molecule has 3 heterocycles. The first-order valence-corrected chi connectivity index (χ1v) is 6.56. The van der Waals surface area contributed by atoms with E-state index in [1.807, 2.05) is 0 Å². The van der Waals surface area contributed by atoms with Gasteiger partial charge < -0.3 is 14.5 Å². The molecule has 2 aromatic rings. The summed E-state index contributed by atoms with van der Waals surface area (Å²) in [6, 6.07) is 1.72. The molecule has 1 N–H and O–H groups in total. The summed E-state index contributed by atoms with van der Waals surface area (Å²) in [4.78, 5) is 16.3. The predicted octanol–water partition coefficient (Wildman–Crippen LogP) is 1.55. The van der Waals surface area contributed by atoms with Crippen molar-refractivity contribution in [2.24, 2.45) is 7.05 Å². The molecule has 0 unspecified atom stereocenters. The number of carbonyl (C=O) groups is 1. The zero-order valence-electron chi connectivity index (χ0n) is 11.2. The molecule has 0 bridgehead atoms. The molecule has 0 aliphatic carbocycles. The summed E-state index contributed by atoms with van der Waals surface area (Å²) in [5.41, 5.74) is 0.285. The topological polar surface area (TPSA) is 82.2 Å². The number of aromatic nitrogens is 3. The van der Waals surface area contributed by atoms with E-state index in [1.54, 1.807) is 24.0 Å². The van der Waals surface area contributed by atoms with Gasteiger partial charge in [-0.15, -0.1) is 0 Å². The molecule has 7 heteroatoms. The predicted molar refractivity (Wildman–Crippen MR) is 70.5 cm³/mol. The summed E-state index contributed by atoms with van der Waals surface area (Å²) in [6.45, 7) is 1.42. The van der Waals surface area contributed by atoms with Crippen molar-refractivity contribution >= 4 is 11.7 Å². The molecule has 1 aliphatic heterocycles. The van der Waals surface area contributed by atoms with Crippen molar-refractivity contribution < 1.29 is 13.9 Å². The molecule has 2 aromatic heterocycles. The third kappa shape index (κ3) is 2.57. The van der Waals surface area contributed by atoms with Crippen molar-refractivity contribution in [3.05, 3.63) is 30.1 Å². The van der Waals surface area contributed by atoms with Crippen LogP contribution in [0, 0.1) is 0 Å². The number of ether oxygens (including phenoxy) is 1. The Morgan fingerprint density at radius 3 is 2.95 bits per heavy atom. The van der Waals surface area contributed by atoms with Crippen LogP contribution in [0.25, 0.3) is 0 Å². The fourth-order valence-corrected chi connectivity index (χ4v) is 2.20. The van der Waals surface area contributed by atoms with Gasteiger partial charge in [-0.2, -0.15) is 5.10 Å². The van der Waals surface area contributed by atoms with Gasteiger partial charge in [0.2, 0.25) is 0 Å². The molecule has 0 aromatic carbocycles. The second-order valence-electron chi connectivity index (χ2n) is 4.75. The zero-order valence-corrected chi connectivity index (χ0v) is 11.2. The quantitative estimate of drug-likeness (QED) is 0.919. The van der Waals surface area contributed by atoms with Crippen LogP contribution in [-0.2, 0) is 11.8 Å². The van der Waals surface area contributed by atoms with Crippen LogP contribution in [0.4, 0.5) is 5.82 Å². The molecule has 20 heavy (non-hydrogen) atoms. The van der Waals surface area contributed by atoms with E-state index >= 15 is 0 Å². The maximum atomic E-state index is 12.1. The molecule has 3 rings (SSSR count). The first-order chi connectivity index (χ1) is 9.74. The Morgan fingerprint density at radius 1 is 1.45 bits per heavy atom. The molecule has 106 valence electrons. The lowest BCUT2D eigenvalue weighted by Gasteiger charge is -2.18. The van der Waals surface area contributed by atoms with Crippen LogP contribution in [0.1, 0.15) is 35.1 Å². The SMILES string of the molecule is Cn1nccc1NC(=O)c1coc(C2CCOCC2)n1. The van der Waals surface area contributed by atoms with E-state index < -0.39 is 0 Å². The third-order valence-electron chi connectivity index (χ3n) is 3.39. The number of oxazole rings is 1. The standard InChI is InChI=1S/C13H16N4O3/c1-17-11(2-5-14-17)16-12(18)10-8-20-13(15-10)9-3-6-19-7-4-9/h2,5,8-9H,3-4,6-7H2,1H3,(H,16,18). The highest BCUT2D eigenvalue weighted by Gasteiger charge is 2.22. The van der Waals surface area contributed by atoms with Crippen molar-refractivity contribution in [1.29, 1.82) is 0 Å². The minimum atomic E-state index is -0.296. The molecule has 0 spiro atoms. The van der Waals surface area contributed by atoms with Gasteiger partial charge in [0.15, 0.2) is 11.6 Å². The van der Waals surface area contributed by atoms with E-state index in [0.717, 1.165) is 12.8 Å². The Kier molecular flexibility index (Phi) is 3.51. The van der Waals surface area contributed by atoms with Crippen LogP contribution in [-0.4, -0.2) is 33.9 Å². The Bertz CT molecular complexity index is 598. The number of nitrogens with zero attached hydrogens (tertiary/aromatic N) is 3. The molecule has 1 amide bonds.